The summed E-state index contributed by atoms with van der Waals surface area (Å²) in [6.45, 7) is 5.23. The van der Waals surface area contributed by atoms with Crippen LogP contribution in [0.1, 0.15) is 37.3 Å². The molecule has 2 rings (SSSR count). The Labute approximate surface area is 103 Å². The Morgan fingerprint density at radius 2 is 2.18 bits per heavy atom. The summed E-state index contributed by atoms with van der Waals surface area (Å²) in [6.07, 6.45) is 4.99. The van der Waals surface area contributed by atoms with Gasteiger partial charge in [0, 0.05) is 6.04 Å². The summed E-state index contributed by atoms with van der Waals surface area (Å²) >= 11 is 0. The molecule has 1 atom stereocenters. The molecule has 1 nitrogen and oxygen atoms in total. The summed E-state index contributed by atoms with van der Waals surface area (Å²) in [4.78, 5) is 0. The molecule has 1 aromatic carbocycles. The Kier molecular flexibility index (Phi) is 4.16. The fourth-order valence-corrected chi connectivity index (χ4v) is 2.47. The first kappa shape index (κ1) is 12.6. The largest absolute Gasteiger partial charge is 0.313 e. The highest BCUT2D eigenvalue weighted by atomic mass is 19.1. The van der Waals surface area contributed by atoms with Gasteiger partial charge in [0.2, 0.25) is 0 Å². The van der Waals surface area contributed by atoms with Crippen molar-refractivity contribution in [2.24, 2.45) is 5.92 Å². The quantitative estimate of drug-likeness (QED) is 0.796. The van der Waals surface area contributed by atoms with Crippen molar-refractivity contribution in [3.63, 3.8) is 0 Å². The summed E-state index contributed by atoms with van der Waals surface area (Å²) in [5.74, 6) is 0.776. The number of nitrogens with one attached hydrogen (secondary N) is 1. The number of aryl methyl sites for hydroxylation is 1. The molecule has 0 amide bonds. The summed E-state index contributed by atoms with van der Waals surface area (Å²) in [6, 6.07) is 5.77. The van der Waals surface area contributed by atoms with Crippen molar-refractivity contribution in [1.29, 1.82) is 0 Å². The second-order valence-electron chi connectivity index (χ2n) is 5.13. The van der Waals surface area contributed by atoms with Crippen LogP contribution in [0.3, 0.4) is 0 Å². The monoisotopic (exact) mass is 235 g/mol. The van der Waals surface area contributed by atoms with Gasteiger partial charge in [-0.1, -0.05) is 13.0 Å². The summed E-state index contributed by atoms with van der Waals surface area (Å²) in [7, 11) is 0. The maximum atomic E-state index is 13.0. The van der Waals surface area contributed by atoms with E-state index < -0.39 is 0 Å². The fourth-order valence-electron chi connectivity index (χ4n) is 2.47. The molecule has 0 radical (unpaired) electrons. The lowest BCUT2D eigenvalue weighted by Gasteiger charge is -2.16. The van der Waals surface area contributed by atoms with E-state index in [9.17, 15) is 4.39 Å². The summed E-state index contributed by atoms with van der Waals surface area (Å²) in [5.41, 5.74) is 2.32. The molecular weight excluding hydrogens is 213 g/mol. The molecule has 0 saturated heterocycles. The van der Waals surface area contributed by atoms with Crippen molar-refractivity contribution in [2.45, 2.75) is 45.6 Å². The van der Waals surface area contributed by atoms with Crippen LogP contribution in [-0.4, -0.2) is 12.6 Å². The van der Waals surface area contributed by atoms with Crippen LogP contribution in [0.5, 0.6) is 0 Å². The van der Waals surface area contributed by atoms with E-state index in [0.29, 0.717) is 6.04 Å². The van der Waals surface area contributed by atoms with Crippen molar-refractivity contribution >= 4 is 0 Å². The third kappa shape index (κ3) is 3.53. The summed E-state index contributed by atoms with van der Waals surface area (Å²) < 4.78 is 13.0. The standard InChI is InChI=1S/C15H22FN/c1-3-15(13-4-5-13)17-9-8-12-6-7-14(16)10-11(12)2/h6-7,10,13,15,17H,3-5,8-9H2,1-2H3. The van der Waals surface area contributed by atoms with E-state index in [1.165, 1.54) is 24.8 Å². The van der Waals surface area contributed by atoms with Crippen molar-refractivity contribution < 1.29 is 4.39 Å². The van der Waals surface area contributed by atoms with Gasteiger partial charge in [-0.2, -0.15) is 0 Å². The first-order chi connectivity index (χ1) is 8.20. The molecule has 2 heteroatoms. The van der Waals surface area contributed by atoms with Gasteiger partial charge in [0.15, 0.2) is 0 Å². The first-order valence-electron chi connectivity index (χ1n) is 6.69. The average Bonchev–Trinajstić information content (AvgIpc) is 3.11. The molecule has 94 valence electrons. The maximum absolute atomic E-state index is 13.0. The van der Waals surface area contributed by atoms with Gasteiger partial charge in [0.25, 0.3) is 0 Å². The van der Waals surface area contributed by atoms with Crippen LogP contribution in [-0.2, 0) is 6.42 Å². The number of halogens is 1. The highest BCUT2D eigenvalue weighted by Gasteiger charge is 2.29. The van der Waals surface area contributed by atoms with Gasteiger partial charge in [-0.15, -0.1) is 0 Å². The van der Waals surface area contributed by atoms with Gasteiger partial charge in [-0.25, -0.2) is 4.39 Å². The minimum absolute atomic E-state index is 0.136. The van der Waals surface area contributed by atoms with E-state index in [1.807, 2.05) is 13.0 Å². The van der Waals surface area contributed by atoms with Gasteiger partial charge >= 0.3 is 0 Å². The van der Waals surface area contributed by atoms with Crippen LogP contribution >= 0.6 is 0 Å². The zero-order chi connectivity index (χ0) is 12.3. The van der Waals surface area contributed by atoms with Gasteiger partial charge in [0.05, 0.1) is 0 Å². The minimum atomic E-state index is -0.136. The predicted molar refractivity (Wildman–Crippen MR) is 69.6 cm³/mol. The average molecular weight is 235 g/mol. The molecule has 0 aromatic heterocycles. The second-order valence-corrected chi connectivity index (χ2v) is 5.13. The van der Waals surface area contributed by atoms with Crippen molar-refractivity contribution in [3.05, 3.63) is 35.1 Å². The zero-order valence-electron chi connectivity index (χ0n) is 10.8. The van der Waals surface area contributed by atoms with Gasteiger partial charge in [-0.3, -0.25) is 0 Å². The molecule has 0 aliphatic heterocycles. The van der Waals surface area contributed by atoms with Crippen molar-refractivity contribution in [2.75, 3.05) is 6.54 Å². The molecular formula is C15H22FN. The van der Waals surface area contributed by atoms with E-state index >= 15 is 0 Å². The Balaban J connectivity index is 1.80. The maximum Gasteiger partial charge on any atom is 0.123 e. The van der Waals surface area contributed by atoms with Crippen LogP contribution in [0.15, 0.2) is 18.2 Å². The van der Waals surface area contributed by atoms with Crippen LogP contribution in [0, 0.1) is 18.7 Å². The van der Waals surface area contributed by atoms with Crippen LogP contribution in [0.2, 0.25) is 0 Å². The Morgan fingerprint density at radius 3 is 2.76 bits per heavy atom. The van der Waals surface area contributed by atoms with Gasteiger partial charge < -0.3 is 5.32 Å². The van der Waals surface area contributed by atoms with Crippen molar-refractivity contribution in [3.8, 4) is 0 Å². The van der Waals surface area contributed by atoms with Crippen LogP contribution < -0.4 is 5.32 Å². The van der Waals surface area contributed by atoms with Crippen LogP contribution in [0.4, 0.5) is 4.39 Å². The lowest BCUT2D eigenvalue weighted by atomic mass is 10.0. The molecule has 1 aromatic rings. The molecule has 0 spiro atoms. The SMILES string of the molecule is CCC(NCCc1ccc(F)cc1C)C1CC1. The third-order valence-electron chi connectivity index (χ3n) is 3.74. The molecule has 1 fully saturated rings. The predicted octanol–water partition coefficient (Wildman–Crippen LogP) is 3.45. The van der Waals surface area contributed by atoms with Crippen LogP contribution in [0.25, 0.3) is 0 Å². The molecule has 0 heterocycles. The number of hydrogen-bond acceptors (Lipinski definition) is 1. The highest BCUT2D eigenvalue weighted by molar-refractivity contribution is 5.26. The van der Waals surface area contributed by atoms with Gasteiger partial charge in [-0.05, 0) is 68.3 Å². The zero-order valence-corrected chi connectivity index (χ0v) is 10.8. The van der Waals surface area contributed by atoms with E-state index in [-0.39, 0.29) is 5.82 Å². The molecule has 0 bridgehead atoms. The Bertz CT molecular complexity index is 371. The Morgan fingerprint density at radius 1 is 1.41 bits per heavy atom. The van der Waals surface area contributed by atoms with Gasteiger partial charge in [0.1, 0.15) is 5.82 Å². The van der Waals surface area contributed by atoms with E-state index in [1.54, 1.807) is 12.1 Å². The van der Waals surface area contributed by atoms with E-state index in [2.05, 4.69) is 12.2 Å². The lowest BCUT2D eigenvalue weighted by Crippen LogP contribution is -2.32. The topological polar surface area (TPSA) is 12.0 Å². The first-order valence-corrected chi connectivity index (χ1v) is 6.69. The molecule has 17 heavy (non-hydrogen) atoms. The third-order valence-corrected chi connectivity index (χ3v) is 3.74. The fraction of sp³-hybridized carbons (Fsp3) is 0.600. The van der Waals surface area contributed by atoms with E-state index in [0.717, 1.165) is 24.4 Å². The number of hydrogen-bond donors (Lipinski definition) is 1. The summed E-state index contributed by atoms with van der Waals surface area (Å²) in [5, 5.41) is 3.63. The minimum Gasteiger partial charge on any atom is -0.313 e. The molecule has 1 aliphatic rings. The molecule has 1 aliphatic carbocycles. The Hall–Kier alpha value is -0.890. The molecule has 1 saturated carbocycles. The normalized spacial score (nSPS) is 17.1. The smallest absolute Gasteiger partial charge is 0.123 e. The number of rotatable bonds is 6. The molecule has 1 unspecified atom stereocenters. The second kappa shape index (κ2) is 5.63. The number of benzene rings is 1. The van der Waals surface area contributed by atoms with Crippen molar-refractivity contribution in [1.82, 2.24) is 5.32 Å². The molecule has 1 N–H and O–H groups in total. The van der Waals surface area contributed by atoms with E-state index in [4.69, 9.17) is 0 Å². The lowest BCUT2D eigenvalue weighted by molar-refractivity contribution is 0.453. The highest BCUT2D eigenvalue weighted by Crippen LogP contribution is 2.33.